The number of carbonyl (C=O) groups is 2. The summed E-state index contributed by atoms with van der Waals surface area (Å²) >= 11 is 1.58. The third-order valence-corrected chi connectivity index (χ3v) is 5.51. The van der Waals surface area contributed by atoms with Gasteiger partial charge in [0.25, 0.3) is 5.91 Å². The summed E-state index contributed by atoms with van der Waals surface area (Å²) in [6.45, 7) is 4.68. The fraction of sp³-hybridized carbons (Fsp3) is 0.500. The molecule has 126 valence electrons. The van der Waals surface area contributed by atoms with Crippen LogP contribution in [0.4, 0.5) is 0 Å². The number of nitrogens with one attached hydrogen (secondary N) is 1. The fourth-order valence-corrected chi connectivity index (χ4v) is 3.91. The van der Waals surface area contributed by atoms with E-state index in [1.165, 1.54) is 0 Å². The molecular formula is C16H22N2O3S2. The molecular weight excluding hydrogens is 332 g/mol. The lowest BCUT2D eigenvalue weighted by atomic mass is 10.1. The van der Waals surface area contributed by atoms with Crippen LogP contribution in [0.5, 0.6) is 0 Å². The van der Waals surface area contributed by atoms with Crippen LogP contribution in [0.1, 0.15) is 24.2 Å². The zero-order valence-electron chi connectivity index (χ0n) is 13.6. The summed E-state index contributed by atoms with van der Waals surface area (Å²) in [7, 11) is -1.07. The van der Waals surface area contributed by atoms with E-state index in [9.17, 15) is 13.8 Å². The Morgan fingerprint density at radius 1 is 1.35 bits per heavy atom. The Morgan fingerprint density at radius 3 is 2.57 bits per heavy atom. The molecule has 1 aliphatic rings. The van der Waals surface area contributed by atoms with Gasteiger partial charge in [0.15, 0.2) is 0 Å². The maximum absolute atomic E-state index is 12.6. The van der Waals surface area contributed by atoms with Crippen molar-refractivity contribution >= 4 is 34.4 Å². The van der Waals surface area contributed by atoms with Gasteiger partial charge in [-0.2, -0.15) is 0 Å². The number of carbonyl (C=O) groups excluding carboxylic acids is 2. The van der Waals surface area contributed by atoms with Gasteiger partial charge < -0.3 is 10.2 Å². The quantitative estimate of drug-likeness (QED) is 0.874. The first-order valence-corrected chi connectivity index (χ1v) is 10.2. The van der Waals surface area contributed by atoms with Crippen LogP contribution in [-0.2, 0) is 15.6 Å². The fourth-order valence-electron chi connectivity index (χ4n) is 2.24. The third-order valence-electron chi connectivity index (χ3n) is 3.56. The van der Waals surface area contributed by atoms with E-state index in [0.717, 1.165) is 0 Å². The number of hydrogen-bond acceptors (Lipinski definition) is 4. The molecule has 5 nitrogen and oxygen atoms in total. The zero-order valence-corrected chi connectivity index (χ0v) is 15.2. The van der Waals surface area contributed by atoms with E-state index in [2.05, 4.69) is 5.32 Å². The maximum atomic E-state index is 12.6. The minimum Gasteiger partial charge on any atom is -0.354 e. The van der Waals surface area contributed by atoms with Crippen molar-refractivity contribution in [3.63, 3.8) is 0 Å². The molecule has 0 aromatic heterocycles. The van der Waals surface area contributed by atoms with Crippen LogP contribution in [-0.4, -0.2) is 51.4 Å². The molecule has 1 aromatic carbocycles. The number of hydrogen-bond donors (Lipinski definition) is 1. The average molecular weight is 354 g/mol. The molecule has 2 amide bonds. The minimum atomic E-state index is -1.07. The van der Waals surface area contributed by atoms with Gasteiger partial charge in [0.1, 0.15) is 6.04 Å². The Bertz CT molecular complexity index is 602. The number of amides is 2. The van der Waals surface area contributed by atoms with Crippen molar-refractivity contribution in [1.82, 2.24) is 10.2 Å². The minimum absolute atomic E-state index is 0.0941. The predicted molar refractivity (Wildman–Crippen MR) is 93.9 cm³/mol. The molecule has 23 heavy (non-hydrogen) atoms. The predicted octanol–water partition coefficient (Wildman–Crippen LogP) is 1.71. The second-order valence-corrected chi connectivity index (χ2v) is 8.29. The van der Waals surface area contributed by atoms with Gasteiger partial charge in [0.05, 0.1) is 5.88 Å². The van der Waals surface area contributed by atoms with Gasteiger partial charge >= 0.3 is 0 Å². The molecule has 2 unspecified atom stereocenters. The summed E-state index contributed by atoms with van der Waals surface area (Å²) in [5.41, 5.74) is 0.517. The molecule has 0 aliphatic carbocycles. The van der Waals surface area contributed by atoms with Crippen LogP contribution in [0.3, 0.4) is 0 Å². The molecule has 2 atom stereocenters. The van der Waals surface area contributed by atoms with Crippen molar-refractivity contribution in [3.05, 3.63) is 29.8 Å². The van der Waals surface area contributed by atoms with Crippen LogP contribution in [0.25, 0.3) is 0 Å². The summed E-state index contributed by atoms with van der Waals surface area (Å²) in [4.78, 5) is 27.2. The number of nitrogens with zero attached hydrogens (tertiary/aromatic N) is 1. The molecule has 0 saturated carbocycles. The summed E-state index contributed by atoms with van der Waals surface area (Å²) < 4.78 is 11.4. The first-order chi connectivity index (χ1) is 10.9. The maximum Gasteiger partial charge on any atom is 0.255 e. The topological polar surface area (TPSA) is 66.5 Å². The summed E-state index contributed by atoms with van der Waals surface area (Å²) in [6, 6.07) is 6.31. The summed E-state index contributed by atoms with van der Waals surface area (Å²) in [6.07, 6.45) is 1.60. The van der Waals surface area contributed by atoms with Gasteiger partial charge in [-0.3, -0.25) is 13.8 Å². The van der Waals surface area contributed by atoms with Gasteiger partial charge in [0, 0.05) is 39.8 Å². The van der Waals surface area contributed by atoms with Gasteiger partial charge in [0.2, 0.25) is 5.91 Å². The molecule has 1 heterocycles. The number of benzene rings is 1. The monoisotopic (exact) mass is 354 g/mol. The van der Waals surface area contributed by atoms with Gasteiger partial charge in [-0.05, 0) is 30.2 Å². The lowest BCUT2D eigenvalue weighted by molar-refractivity contribution is -0.124. The van der Waals surface area contributed by atoms with E-state index in [1.807, 2.05) is 13.8 Å². The lowest BCUT2D eigenvalue weighted by Crippen LogP contribution is -2.47. The standard InChI is InChI=1S/C16H22N2O3S2/c1-11(2)8-17-15(19)14-9-22-10-18(14)16(20)12-4-6-13(7-5-12)23(3)21/h4-7,11,14H,8-10H2,1-3H3,(H,17,19). The average Bonchev–Trinajstić information content (AvgIpc) is 3.01. The largest absolute Gasteiger partial charge is 0.354 e. The number of rotatable bonds is 5. The molecule has 2 rings (SSSR count). The Balaban J connectivity index is 2.08. The summed E-state index contributed by atoms with van der Waals surface area (Å²) in [5, 5.41) is 2.90. The molecule has 1 saturated heterocycles. The zero-order chi connectivity index (χ0) is 17.0. The molecule has 1 aromatic rings. The van der Waals surface area contributed by atoms with Crippen LogP contribution in [0.15, 0.2) is 29.2 Å². The van der Waals surface area contributed by atoms with E-state index in [-0.39, 0.29) is 11.8 Å². The Hall–Kier alpha value is -1.34. The molecule has 1 N–H and O–H groups in total. The van der Waals surface area contributed by atoms with E-state index >= 15 is 0 Å². The second kappa shape index (κ2) is 7.97. The van der Waals surface area contributed by atoms with Crippen LogP contribution >= 0.6 is 11.8 Å². The van der Waals surface area contributed by atoms with Crippen molar-refractivity contribution in [3.8, 4) is 0 Å². The van der Waals surface area contributed by atoms with E-state index in [1.54, 1.807) is 47.2 Å². The highest BCUT2D eigenvalue weighted by molar-refractivity contribution is 7.99. The SMILES string of the molecule is CC(C)CNC(=O)C1CSCN1C(=O)c1ccc(S(C)=O)cc1. The van der Waals surface area contributed by atoms with Crippen molar-refractivity contribution in [2.75, 3.05) is 24.4 Å². The Kier molecular flexibility index (Phi) is 6.24. The van der Waals surface area contributed by atoms with Gasteiger partial charge in [-0.15, -0.1) is 11.8 Å². The first kappa shape index (κ1) is 18.0. The van der Waals surface area contributed by atoms with Crippen molar-refractivity contribution in [1.29, 1.82) is 0 Å². The van der Waals surface area contributed by atoms with Gasteiger partial charge in [-0.1, -0.05) is 13.8 Å². The van der Waals surface area contributed by atoms with Crippen molar-refractivity contribution in [2.45, 2.75) is 24.8 Å². The highest BCUT2D eigenvalue weighted by Gasteiger charge is 2.34. The summed E-state index contributed by atoms with van der Waals surface area (Å²) in [5.74, 6) is 1.25. The first-order valence-electron chi connectivity index (χ1n) is 7.50. The van der Waals surface area contributed by atoms with Gasteiger partial charge in [-0.25, -0.2) is 0 Å². The third kappa shape index (κ3) is 4.57. The second-order valence-electron chi connectivity index (χ2n) is 5.91. The van der Waals surface area contributed by atoms with E-state index < -0.39 is 16.8 Å². The van der Waals surface area contributed by atoms with Crippen molar-refractivity contribution < 1.29 is 13.8 Å². The number of thioether (sulfide) groups is 1. The Morgan fingerprint density at radius 2 is 2.00 bits per heavy atom. The Labute approximate surface area is 143 Å². The molecule has 0 spiro atoms. The highest BCUT2D eigenvalue weighted by atomic mass is 32.2. The highest BCUT2D eigenvalue weighted by Crippen LogP contribution is 2.23. The van der Waals surface area contributed by atoms with Crippen molar-refractivity contribution in [2.24, 2.45) is 5.92 Å². The molecule has 0 radical (unpaired) electrons. The van der Waals surface area contributed by atoms with Crippen LogP contribution in [0, 0.1) is 5.92 Å². The smallest absolute Gasteiger partial charge is 0.255 e. The lowest BCUT2D eigenvalue weighted by Gasteiger charge is -2.23. The molecule has 7 heteroatoms. The molecule has 1 fully saturated rings. The van der Waals surface area contributed by atoms with E-state index in [4.69, 9.17) is 0 Å². The van der Waals surface area contributed by atoms with Crippen LogP contribution in [0.2, 0.25) is 0 Å². The van der Waals surface area contributed by atoms with E-state index in [0.29, 0.717) is 34.6 Å². The molecule has 0 bridgehead atoms. The van der Waals surface area contributed by atoms with Crippen LogP contribution < -0.4 is 5.32 Å². The normalized spacial score (nSPS) is 19.0. The molecule has 1 aliphatic heterocycles.